The number of carbonyl (C=O) groups excluding carboxylic acids is 1. The van der Waals surface area contributed by atoms with Gasteiger partial charge in [0.15, 0.2) is 9.84 Å². The Bertz CT molecular complexity index is 1580. The van der Waals surface area contributed by atoms with Gasteiger partial charge in [-0.1, -0.05) is 12.1 Å². The van der Waals surface area contributed by atoms with E-state index in [-0.39, 0.29) is 42.1 Å². The van der Waals surface area contributed by atoms with Gasteiger partial charge < -0.3 is 14.2 Å². The molecule has 9 heteroatoms. The highest BCUT2D eigenvalue weighted by molar-refractivity contribution is 7.91. The molecule has 2 aromatic heterocycles. The number of hydrogen-bond acceptors (Lipinski definition) is 6. The highest BCUT2D eigenvalue weighted by Gasteiger charge is 2.29. The zero-order valence-electron chi connectivity index (χ0n) is 18.4. The Kier molecular flexibility index (Phi) is 5.51. The molecule has 4 aromatic rings. The number of sulfone groups is 1. The van der Waals surface area contributed by atoms with Crippen molar-refractivity contribution in [3.63, 3.8) is 0 Å². The first-order valence-corrected chi connectivity index (χ1v) is 12.8. The van der Waals surface area contributed by atoms with Crippen molar-refractivity contribution < 1.29 is 26.4 Å². The number of hydrogen-bond donors (Lipinski definition) is 1. The van der Waals surface area contributed by atoms with Crippen molar-refractivity contribution in [3.8, 4) is 11.1 Å². The minimum absolute atomic E-state index is 0.0441. The van der Waals surface area contributed by atoms with Gasteiger partial charge in [-0.25, -0.2) is 17.6 Å². The molecule has 0 radical (unpaired) electrons. The molecule has 7 nitrogen and oxygen atoms in total. The largest absolute Gasteiger partial charge is 0.464 e. The van der Waals surface area contributed by atoms with Gasteiger partial charge in [-0.05, 0) is 49.1 Å². The molecule has 34 heavy (non-hydrogen) atoms. The normalized spacial score (nSPS) is 17.4. The predicted octanol–water partition coefficient (Wildman–Crippen LogP) is 3.89. The molecule has 1 N–H and O–H groups in total. The van der Waals surface area contributed by atoms with E-state index in [9.17, 15) is 22.4 Å². The van der Waals surface area contributed by atoms with Crippen LogP contribution in [0.15, 0.2) is 56.3 Å². The molecule has 2 aromatic carbocycles. The van der Waals surface area contributed by atoms with Gasteiger partial charge in [-0.3, -0.25) is 4.79 Å². The van der Waals surface area contributed by atoms with Crippen molar-refractivity contribution in [1.82, 2.24) is 5.32 Å². The Hall–Kier alpha value is -3.46. The summed E-state index contributed by atoms with van der Waals surface area (Å²) >= 11 is 0. The minimum Gasteiger partial charge on any atom is -0.464 e. The second-order valence-electron chi connectivity index (χ2n) is 8.66. The van der Waals surface area contributed by atoms with E-state index in [1.807, 2.05) is 6.07 Å². The van der Waals surface area contributed by atoms with Gasteiger partial charge in [0.25, 0.3) is 0 Å². The van der Waals surface area contributed by atoms with Crippen LogP contribution in [0.3, 0.4) is 0 Å². The molecule has 1 atom stereocenters. The number of halogens is 1. The van der Waals surface area contributed by atoms with Crippen molar-refractivity contribution >= 4 is 37.7 Å². The van der Waals surface area contributed by atoms with Gasteiger partial charge in [0, 0.05) is 40.4 Å². The molecule has 0 aliphatic carbocycles. The van der Waals surface area contributed by atoms with E-state index in [2.05, 4.69) is 5.32 Å². The number of amides is 1. The standard InChI is InChI=1S/C25H22FNO6S/c1-14-18(6-7-24(28)27-17-8-9-34(30,31)13-17)25(29)33-23-11-22-20(10-19(14)23)21(12-32-22)15-2-4-16(26)5-3-15/h2-5,10-12,17H,6-9,13H2,1H3,(H,27,28)/t17-/m0/s1. The summed E-state index contributed by atoms with van der Waals surface area (Å²) < 4.78 is 47.7. The number of benzene rings is 2. The molecule has 1 amide bonds. The minimum atomic E-state index is -3.09. The molecular formula is C25H22FNO6S. The van der Waals surface area contributed by atoms with Gasteiger partial charge in [0.05, 0.1) is 17.8 Å². The van der Waals surface area contributed by atoms with E-state index < -0.39 is 15.5 Å². The zero-order chi connectivity index (χ0) is 24.0. The first-order chi connectivity index (χ1) is 16.2. The fourth-order valence-corrected chi connectivity index (χ4v) is 6.17. The van der Waals surface area contributed by atoms with E-state index in [1.54, 1.807) is 31.4 Å². The Balaban J connectivity index is 1.44. The monoisotopic (exact) mass is 483 g/mol. The Morgan fingerprint density at radius 2 is 1.91 bits per heavy atom. The molecular weight excluding hydrogens is 461 g/mol. The number of nitrogens with one attached hydrogen (secondary N) is 1. The van der Waals surface area contributed by atoms with Gasteiger partial charge in [0.2, 0.25) is 5.91 Å². The average Bonchev–Trinajstić information content (AvgIpc) is 3.35. The van der Waals surface area contributed by atoms with Crippen molar-refractivity contribution in [2.24, 2.45) is 0 Å². The van der Waals surface area contributed by atoms with E-state index >= 15 is 0 Å². The molecule has 0 spiro atoms. The third kappa shape index (κ3) is 4.23. The number of carbonyl (C=O) groups is 1. The van der Waals surface area contributed by atoms with Crippen molar-refractivity contribution in [1.29, 1.82) is 0 Å². The summed E-state index contributed by atoms with van der Waals surface area (Å²) in [5.74, 6) is -0.603. The van der Waals surface area contributed by atoms with Crippen LogP contribution in [-0.2, 0) is 21.1 Å². The maximum absolute atomic E-state index is 13.3. The second kappa shape index (κ2) is 8.39. The van der Waals surface area contributed by atoms with Gasteiger partial charge >= 0.3 is 5.63 Å². The van der Waals surface area contributed by atoms with Crippen molar-refractivity contribution in [3.05, 3.63) is 70.0 Å². The zero-order valence-corrected chi connectivity index (χ0v) is 19.2. The second-order valence-corrected chi connectivity index (χ2v) is 10.9. The third-order valence-electron chi connectivity index (χ3n) is 6.34. The van der Waals surface area contributed by atoms with Crippen molar-refractivity contribution in [2.45, 2.75) is 32.2 Å². The van der Waals surface area contributed by atoms with Crippen LogP contribution in [0.1, 0.15) is 24.0 Å². The SMILES string of the molecule is Cc1c(CCC(=O)N[C@H]2CCS(=O)(=O)C2)c(=O)oc2cc3occ(-c4ccc(F)cc4)c3cc12. The van der Waals surface area contributed by atoms with Crippen LogP contribution in [-0.4, -0.2) is 31.9 Å². The summed E-state index contributed by atoms with van der Waals surface area (Å²) in [7, 11) is -3.09. The molecule has 1 aliphatic heterocycles. The van der Waals surface area contributed by atoms with Gasteiger partial charge in [0.1, 0.15) is 17.0 Å². The van der Waals surface area contributed by atoms with Crippen LogP contribution < -0.4 is 10.9 Å². The Morgan fingerprint density at radius 1 is 1.15 bits per heavy atom. The lowest BCUT2D eigenvalue weighted by Gasteiger charge is -2.11. The molecule has 0 unspecified atom stereocenters. The summed E-state index contributed by atoms with van der Waals surface area (Å²) in [5, 5.41) is 4.25. The average molecular weight is 484 g/mol. The molecule has 176 valence electrons. The summed E-state index contributed by atoms with van der Waals surface area (Å²) in [4.78, 5) is 25.0. The molecule has 0 bridgehead atoms. The van der Waals surface area contributed by atoms with E-state index in [0.29, 0.717) is 34.1 Å². The number of rotatable bonds is 5. The smallest absolute Gasteiger partial charge is 0.339 e. The van der Waals surface area contributed by atoms with Crippen molar-refractivity contribution in [2.75, 3.05) is 11.5 Å². The van der Waals surface area contributed by atoms with Gasteiger partial charge in [-0.2, -0.15) is 0 Å². The maximum atomic E-state index is 13.3. The highest BCUT2D eigenvalue weighted by Crippen LogP contribution is 2.34. The third-order valence-corrected chi connectivity index (χ3v) is 8.10. The first kappa shape index (κ1) is 22.3. The number of aryl methyl sites for hydroxylation is 1. The first-order valence-electron chi connectivity index (χ1n) is 10.9. The Morgan fingerprint density at radius 3 is 2.62 bits per heavy atom. The quantitative estimate of drug-likeness (QED) is 0.432. The Labute approximate surface area is 194 Å². The lowest BCUT2D eigenvalue weighted by atomic mass is 9.99. The fourth-order valence-electron chi connectivity index (χ4n) is 4.50. The number of fused-ring (bicyclic) bond motifs is 2. The van der Waals surface area contributed by atoms with E-state index in [0.717, 1.165) is 16.5 Å². The molecule has 0 saturated carbocycles. The fraction of sp³-hybridized carbons (Fsp3) is 0.280. The summed E-state index contributed by atoms with van der Waals surface area (Å²) in [6.07, 6.45) is 2.20. The summed E-state index contributed by atoms with van der Waals surface area (Å²) in [6.45, 7) is 1.81. The highest BCUT2D eigenvalue weighted by atomic mass is 32.2. The maximum Gasteiger partial charge on any atom is 0.339 e. The summed E-state index contributed by atoms with van der Waals surface area (Å²) in [5.41, 5.74) is 3.07. The molecule has 1 saturated heterocycles. The molecule has 1 aliphatic rings. The molecule has 1 fully saturated rings. The molecule has 5 rings (SSSR count). The summed E-state index contributed by atoms with van der Waals surface area (Å²) in [6, 6.07) is 9.24. The van der Waals surface area contributed by atoms with E-state index in [1.165, 1.54) is 12.1 Å². The lowest BCUT2D eigenvalue weighted by molar-refractivity contribution is -0.121. The van der Waals surface area contributed by atoms with Crippen LogP contribution in [0, 0.1) is 12.7 Å². The van der Waals surface area contributed by atoms with Gasteiger partial charge in [-0.15, -0.1) is 0 Å². The topological polar surface area (TPSA) is 107 Å². The van der Waals surface area contributed by atoms with Crippen LogP contribution in [0.4, 0.5) is 4.39 Å². The van der Waals surface area contributed by atoms with Crippen LogP contribution in [0.5, 0.6) is 0 Å². The van der Waals surface area contributed by atoms with Crippen LogP contribution >= 0.6 is 0 Å². The lowest BCUT2D eigenvalue weighted by Crippen LogP contribution is -2.35. The van der Waals surface area contributed by atoms with E-state index in [4.69, 9.17) is 8.83 Å². The van der Waals surface area contributed by atoms with Crippen LogP contribution in [0.25, 0.3) is 33.1 Å². The molecule has 3 heterocycles. The predicted molar refractivity (Wildman–Crippen MR) is 126 cm³/mol. The number of furan rings is 1. The van der Waals surface area contributed by atoms with Crippen LogP contribution in [0.2, 0.25) is 0 Å².